The third kappa shape index (κ3) is 5.19. The van der Waals surface area contributed by atoms with Gasteiger partial charge in [-0.2, -0.15) is 0 Å². The number of carbonyl (C=O) groups excluding carboxylic acids is 2. The van der Waals surface area contributed by atoms with Crippen LogP contribution in [0.25, 0.3) is 0 Å². The van der Waals surface area contributed by atoms with Gasteiger partial charge in [0, 0.05) is 5.69 Å². The number of esters is 1. The van der Waals surface area contributed by atoms with Crippen LogP contribution in [0.15, 0.2) is 47.4 Å². The van der Waals surface area contributed by atoms with E-state index in [1.54, 1.807) is 12.1 Å². The van der Waals surface area contributed by atoms with E-state index in [0.717, 1.165) is 24.8 Å². The second-order valence-electron chi connectivity index (χ2n) is 6.93. The summed E-state index contributed by atoms with van der Waals surface area (Å²) < 4.78 is 29.4. The standard InChI is InChI=1S/C21H23NO5S/c1-15-5-9-19(10-6-15)28(25,26)12-11-21(24)27-14-20(23)22-18-8-7-16-3-2-4-17(16)13-18/h5-10,13H,2-4,11-12,14H2,1H3,(H,22,23). The lowest BCUT2D eigenvalue weighted by atomic mass is 10.1. The number of anilines is 1. The van der Waals surface area contributed by atoms with Crippen molar-refractivity contribution in [3.8, 4) is 0 Å². The van der Waals surface area contributed by atoms with Gasteiger partial charge in [0.25, 0.3) is 5.91 Å². The molecule has 0 atom stereocenters. The smallest absolute Gasteiger partial charge is 0.307 e. The van der Waals surface area contributed by atoms with Crippen molar-refractivity contribution in [3.63, 3.8) is 0 Å². The van der Waals surface area contributed by atoms with Crippen molar-refractivity contribution in [2.45, 2.75) is 37.5 Å². The van der Waals surface area contributed by atoms with Crippen molar-refractivity contribution in [1.82, 2.24) is 0 Å². The maximum atomic E-state index is 12.2. The van der Waals surface area contributed by atoms with Crippen molar-refractivity contribution < 1.29 is 22.7 Å². The summed E-state index contributed by atoms with van der Waals surface area (Å²) >= 11 is 0. The summed E-state index contributed by atoms with van der Waals surface area (Å²) in [5.74, 6) is -1.53. The van der Waals surface area contributed by atoms with E-state index < -0.39 is 28.3 Å². The quantitative estimate of drug-likeness (QED) is 0.721. The van der Waals surface area contributed by atoms with Crippen molar-refractivity contribution >= 4 is 27.4 Å². The predicted molar refractivity (Wildman–Crippen MR) is 106 cm³/mol. The van der Waals surface area contributed by atoms with Gasteiger partial charge < -0.3 is 10.1 Å². The average molecular weight is 401 g/mol. The first-order chi connectivity index (χ1) is 13.3. The van der Waals surface area contributed by atoms with Crippen LogP contribution < -0.4 is 5.32 Å². The molecule has 2 aromatic carbocycles. The molecule has 7 heteroatoms. The number of carbonyl (C=O) groups is 2. The Kier molecular flexibility index (Phi) is 6.14. The molecule has 3 rings (SSSR count). The van der Waals surface area contributed by atoms with Crippen LogP contribution in [0.2, 0.25) is 0 Å². The summed E-state index contributed by atoms with van der Waals surface area (Å²) in [5.41, 5.74) is 4.16. The molecule has 0 fully saturated rings. The Morgan fingerprint density at radius 3 is 2.50 bits per heavy atom. The number of hydrogen-bond donors (Lipinski definition) is 1. The van der Waals surface area contributed by atoms with Gasteiger partial charge in [0.15, 0.2) is 16.4 Å². The van der Waals surface area contributed by atoms with Crippen LogP contribution in [0.5, 0.6) is 0 Å². The van der Waals surface area contributed by atoms with Gasteiger partial charge in [-0.3, -0.25) is 9.59 Å². The molecule has 1 amide bonds. The zero-order valence-electron chi connectivity index (χ0n) is 15.7. The Balaban J connectivity index is 1.45. The number of fused-ring (bicyclic) bond motifs is 1. The van der Waals surface area contributed by atoms with Crippen LogP contribution in [-0.2, 0) is 37.0 Å². The fraction of sp³-hybridized carbons (Fsp3) is 0.333. The van der Waals surface area contributed by atoms with Gasteiger partial charge in [-0.1, -0.05) is 23.8 Å². The monoisotopic (exact) mass is 401 g/mol. The second kappa shape index (κ2) is 8.56. The number of amides is 1. The number of hydrogen-bond acceptors (Lipinski definition) is 5. The largest absolute Gasteiger partial charge is 0.456 e. The summed E-state index contributed by atoms with van der Waals surface area (Å²) in [4.78, 5) is 24.0. The van der Waals surface area contributed by atoms with Crippen LogP contribution in [0, 0.1) is 6.92 Å². The minimum Gasteiger partial charge on any atom is -0.456 e. The zero-order chi connectivity index (χ0) is 20.1. The molecule has 1 aliphatic rings. The molecule has 0 aliphatic heterocycles. The molecule has 0 bridgehead atoms. The van der Waals surface area contributed by atoms with Crippen molar-refractivity contribution in [2.75, 3.05) is 17.7 Å². The average Bonchev–Trinajstić information content (AvgIpc) is 3.13. The lowest BCUT2D eigenvalue weighted by molar-refractivity contribution is -0.146. The summed E-state index contributed by atoms with van der Waals surface area (Å²) in [6, 6.07) is 12.2. The van der Waals surface area contributed by atoms with Gasteiger partial charge in [-0.15, -0.1) is 0 Å². The molecule has 1 aliphatic carbocycles. The molecular weight excluding hydrogens is 378 g/mol. The number of rotatable bonds is 7. The Bertz CT molecular complexity index is 980. The van der Waals surface area contributed by atoms with E-state index >= 15 is 0 Å². The third-order valence-electron chi connectivity index (χ3n) is 4.70. The number of aryl methyl sites for hydroxylation is 3. The number of benzene rings is 2. The molecule has 0 radical (unpaired) electrons. The molecule has 0 saturated heterocycles. The highest BCUT2D eigenvalue weighted by molar-refractivity contribution is 7.91. The fourth-order valence-corrected chi connectivity index (χ4v) is 4.37. The molecule has 0 heterocycles. The van der Waals surface area contributed by atoms with E-state index in [1.807, 2.05) is 25.1 Å². The molecule has 0 aromatic heterocycles. The van der Waals surface area contributed by atoms with Crippen molar-refractivity contribution in [3.05, 3.63) is 59.2 Å². The first-order valence-corrected chi connectivity index (χ1v) is 10.9. The molecule has 148 valence electrons. The van der Waals surface area contributed by atoms with E-state index in [2.05, 4.69) is 5.32 Å². The Hall–Kier alpha value is -2.67. The van der Waals surface area contributed by atoms with Crippen LogP contribution in [0.1, 0.15) is 29.5 Å². The first-order valence-electron chi connectivity index (χ1n) is 9.20. The van der Waals surface area contributed by atoms with Crippen LogP contribution in [0.3, 0.4) is 0 Å². The second-order valence-corrected chi connectivity index (χ2v) is 9.04. The van der Waals surface area contributed by atoms with Gasteiger partial charge in [-0.25, -0.2) is 8.42 Å². The van der Waals surface area contributed by atoms with Gasteiger partial charge in [0.05, 0.1) is 17.1 Å². The molecule has 28 heavy (non-hydrogen) atoms. The lowest BCUT2D eigenvalue weighted by Gasteiger charge is -2.09. The normalized spacial score (nSPS) is 13.0. The summed E-state index contributed by atoms with van der Waals surface area (Å²) in [6.45, 7) is 1.42. The highest BCUT2D eigenvalue weighted by Gasteiger charge is 2.18. The molecule has 0 saturated carbocycles. The van der Waals surface area contributed by atoms with Crippen LogP contribution >= 0.6 is 0 Å². The summed E-state index contributed by atoms with van der Waals surface area (Å²) in [6.07, 6.45) is 2.88. The van der Waals surface area contributed by atoms with Gasteiger partial charge >= 0.3 is 5.97 Å². The number of sulfone groups is 1. The Morgan fingerprint density at radius 2 is 1.75 bits per heavy atom. The van der Waals surface area contributed by atoms with Crippen LogP contribution in [-0.4, -0.2) is 32.7 Å². The van der Waals surface area contributed by atoms with Crippen molar-refractivity contribution in [2.24, 2.45) is 0 Å². The van der Waals surface area contributed by atoms with Crippen molar-refractivity contribution in [1.29, 1.82) is 0 Å². The van der Waals surface area contributed by atoms with E-state index in [9.17, 15) is 18.0 Å². The third-order valence-corrected chi connectivity index (χ3v) is 6.43. The van der Waals surface area contributed by atoms with E-state index in [4.69, 9.17) is 4.74 Å². The molecule has 0 spiro atoms. The minimum atomic E-state index is -3.57. The number of nitrogens with one attached hydrogen (secondary N) is 1. The van der Waals surface area contributed by atoms with Gasteiger partial charge in [0.2, 0.25) is 0 Å². The minimum absolute atomic E-state index is 0.167. The highest BCUT2D eigenvalue weighted by atomic mass is 32.2. The van der Waals surface area contributed by atoms with E-state index in [1.165, 1.54) is 23.3 Å². The lowest BCUT2D eigenvalue weighted by Crippen LogP contribution is -2.22. The van der Waals surface area contributed by atoms with E-state index in [0.29, 0.717) is 5.69 Å². The molecule has 0 unspecified atom stereocenters. The summed E-state index contributed by atoms with van der Waals surface area (Å²) in [5, 5.41) is 2.70. The molecule has 1 N–H and O–H groups in total. The number of ether oxygens (including phenoxy) is 1. The highest BCUT2D eigenvalue weighted by Crippen LogP contribution is 2.24. The summed E-state index contributed by atoms with van der Waals surface area (Å²) in [7, 11) is -3.57. The predicted octanol–water partition coefficient (Wildman–Crippen LogP) is 2.83. The van der Waals surface area contributed by atoms with Gasteiger partial charge in [0.1, 0.15) is 0 Å². The Labute approximate surface area is 164 Å². The first kappa shape index (κ1) is 20.1. The maximum Gasteiger partial charge on any atom is 0.307 e. The zero-order valence-corrected chi connectivity index (χ0v) is 16.6. The van der Waals surface area contributed by atoms with E-state index in [-0.39, 0.29) is 17.1 Å². The maximum absolute atomic E-state index is 12.2. The Morgan fingerprint density at radius 1 is 1.04 bits per heavy atom. The molecular formula is C21H23NO5S. The van der Waals surface area contributed by atoms with Crippen LogP contribution in [0.4, 0.5) is 5.69 Å². The molecule has 2 aromatic rings. The topological polar surface area (TPSA) is 89.5 Å². The molecule has 6 nitrogen and oxygen atoms in total. The van der Waals surface area contributed by atoms with Gasteiger partial charge in [-0.05, 0) is 61.6 Å². The SMILES string of the molecule is Cc1ccc(S(=O)(=O)CCC(=O)OCC(=O)Nc2ccc3c(c2)CCC3)cc1. The fourth-order valence-electron chi connectivity index (χ4n) is 3.15.